The van der Waals surface area contributed by atoms with Crippen LogP contribution in [0.3, 0.4) is 0 Å². The number of hydrogen-bond donors (Lipinski definition) is 1. The molecule has 1 unspecified atom stereocenters. The summed E-state index contributed by atoms with van der Waals surface area (Å²) in [5.74, 6) is 1.37. The number of nitrogens with zero attached hydrogens (tertiary/aromatic N) is 3. The number of hydrogen-bond acceptors (Lipinski definition) is 4. The molecule has 0 aliphatic carbocycles. The molecule has 0 bridgehead atoms. The van der Waals surface area contributed by atoms with E-state index in [1.54, 1.807) is 17.8 Å². The molecule has 1 atom stereocenters. The highest BCUT2D eigenvalue weighted by Gasteiger charge is 2.11. The van der Waals surface area contributed by atoms with Crippen LogP contribution in [-0.2, 0) is 13.7 Å². The number of aliphatic hydroxyl groups is 1. The minimum absolute atomic E-state index is 0.312. The van der Waals surface area contributed by atoms with Crippen LogP contribution in [0.4, 0.5) is 0 Å². The van der Waals surface area contributed by atoms with Gasteiger partial charge in [-0.15, -0.1) is 10.2 Å². The van der Waals surface area contributed by atoms with Crippen LogP contribution in [0, 0.1) is 0 Å². The molecule has 0 saturated heterocycles. The standard InChI is InChI=1S/C12H14BrN3O2/c1-8(17)10-4-3-9(13)5-11(10)18-6-12-15-14-7-16(12)2/h3-5,7-8,17H,6H2,1-2H3. The molecule has 6 heteroatoms. The van der Waals surface area contributed by atoms with Gasteiger partial charge in [-0.25, -0.2) is 0 Å². The van der Waals surface area contributed by atoms with E-state index in [0.717, 1.165) is 15.9 Å². The van der Waals surface area contributed by atoms with Gasteiger partial charge in [0.25, 0.3) is 0 Å². The Morgan fingerprint density at radius 3 is 2.89 bits per heavy atom. The Bertz CT molecular complexity index is 540. The summed E-state index contributed by atoms with van der Waals surface area (Å²) in [6.07, 6.45) is 1.04. The zero-order valence-electron chi connectivity index (χ0n) is 10.2. The van der Waals surface area contributed by atoms with Crippen LogP contribution in [0.15, 0.2) is 29.0 Å². The van der Waals surface area contributed by atoms with Crippen molar-refractivity contribution in [2.45, 2.75) is 19.6 Å². The molecule has 5 nitrogen and oxygen atoms in total. The number of halogens is 1. The second kappa shape index (κ2) is 5.49. The highest BCUT2D eigenvalue weighted by atomic mass is 79.9. The van der Waals surface area contributed by atoms with Gasteiger partial charge >= 0.3 is 0 Å². The lowest BCUT2D eigenvalue weighted by molar-refractivity contribution is 0.189. The van der Waals surface area contributed by atoms with Crippen molar-refractivity contribution >= 4 is 15.9 Å². The summed E-state index contributed by atoms with van der Waals surface area (Å²) in [6.45, 7) is 2.02. The van der Waals surface area contributed by atoms with Crippen molar-refractivity contribution in [3.05, 3.63) is 40.4 Å². The number of rotatable bonds is 4. The van der Waals surface area contributed by atoms with E-state index in [4.69, 9.17) is 4.74 Å². The quantitative estimate of drug-likeness (QED) is 0.940. The number of aliphatic hydroxyl groups excluding tert-OH is 1. The van der Waals surface area contributed by atoms with E-state index in [-0.39, 0.29) is 0 Å². The monoisotopic (exact) mass is 311 g/mol. The maximum Gasteiger partial charge on any atom is 0.170 e. The normalized spacial score (nSPS) is 12.4. The van der Waals surface area contributed by atoms with Gasteiger partial charge in [-0.05, 0) is 19.1 Å². The molecule has 0 aliphatic heterocycles. The van der Waals surface area contributed by atoms with Gasteiger partial charge in [-0.3, -0.25) is 0 Å². The highest BCUT2D eigenvalue weighted by molar-refractivity contribution is 9.10. The van der Waals surface area contributed by atoms with Gasteiger partial charge in [0.15, 0.2) is 5.82 Å². The van der Waals surface area contributed by atoms with Gasteiger partial charge in [-0.2, -0.15) is 0 Å². The molecule has 0 amide bonds. The summed E-state index contributed by atoms with van der Waals surface area (Å²) in [6, 6.07) is 5.54. The van der Waals surface area contributed by atoms with Crippen molar-refractivity contribution < 1.29 is 9.84 Å². The summed E-state index contributed by atoms with van der Waals surface area (Å²) in [4.78, 5) is 0. The second-order valence-electron chi connectivity index (χ2n) is 4.00. The van der Waals surface area contributed by atoms with E-state index in [2.05, 4.69) is 26.1 Å². The molecule has 18 heavy (non-hydrogen) atoms. The summed E-state index contributed by atoms with van der Waals surface area (Å²) >= 11 is 3.38. The first-order valence-corrected chi connectivity index (χ1v) is 6.30. The third-order valence-electron chi connectivity index (χ3n) is 2.59. The lowest BCUT2D eigenvalue weighted by Crippen LogP contribution is -2.05. The average molecular weight is 312 g/mol. The van der Waals surface area contributed by atoms with Crippen LogP contribution in [0.5, 0.6) is 5.75 Å². The molecule has 0 fully saturated rings. The van der Waals surface area contributed by atoms with Crippen LogP contribution in [0.2, 0.25) is 0 Å². The van der Waals surface area contributed by atoms with E-state index in [1.807, 2.05) is 25.2 Å². The van der Waals surface area contributed by atoms with Crippen molar-refractivity contribution in [2.75, 3.05) is 0 Å². The molecule has 0 radical (unpaired) electrons. The molecular formula is C12H14BrN3O2. The summed E-state index contributed by atoms with van der Waals surface area (Å²) < 4.78 is 8.39. The fraction of sp³-hybridized carbons (Fsp3) is 0.333. The second-order valence-corrected chi connectivity index (χ2v) is 4.92. The Morgan fingerprint density at radius 2 is 2.28 bits per heavy atom. The fourth-order valence-corrected chi connectivity index (χ4v) is 1.90. The Morgan fingerprint density at radius 1 is 1.50 bits per heavy atom. The van der Waals surface area contributed by atoms with E-state index in [1.165, 1.54) is 0 Å². The van der Waals surface area contributed by atoms with Crippen molar-refractivity contribution in [3.8, 4) is 5.75 Å². The van der Waals surface area contributed by atoms with Crippen molar-refractivity contribution in [1.82, 2.24) is 14.8 Å². The maximum atomic E-state index is 9.68. The summed E-state index contributed by atoms with van der Waals surface area (Å²) in [5, 5.41) is 17.4. The maximum absolute atomic E-state index is 9.68. The molecule has 1 aromatic carbocycles. The Hall–Kier alpha value is -1.40. The van der Waals surface area contributed by atoms with E-state index >= 15 is 0 Å². The first-order chi connectivity index (χ1) is 8.58. The molecule has 1 aromatic heterocycles. The van der Waals surface area contributed by atoms with Crippen molar-refractivity contribution in [1.29, 1.82) is 0 Å². The summed E-state index contributed by atoms with van der Waals surface area (Å²) in [5.41, 5.74) is 0.750. The number of ether oxygens (including phenoxy) is 1. The van der Waals surface area contributed by atoms with E-state index in [0.29, 0.717) is 12.4 Å². The third kappa shape index (κ3) is 2.88. The van der Waals surface area contributed by atoms with Crippen LogP contribution >= 0.6 is 15.9 Å². The van der Waals surface area contributed by atoms with Crippen LogP contribution in [-0.4, -0.2) is 19.9 Å². The van der Waals surface area contributed by atoms with Crippen LogP contribution in [0.25, 0.3) is 0 Å². The van der Waals surface area contributed by atoms with Gasteiger partial charge in [0, 0.05) is 17.1 Å². The molecule has 96 valence electrons. The third-order valence-corrected chi connectivity index (χ3v) is 3.08. The van der Waals surface area contributed by atoms with E-state index in [9.17, 15) is 5.11 Å². The molecule has 2 rings (SSSR count). The Labute approximate surface area is 114 Å². The molecule has 1 heterocycles. The van der Waals surface area contributed by atoms with Crippen LogP contribution in [0.1, 0.15) is 24.4 Å². The minimum Gasteiger partial charge on any atom is -0.485 e. The largest absolute Gasteiger partial charge is 0.485 e. The van der Waals surface area contributed by atoms with Gasteiger partial charge in [0.05, 0.1) is 6.10 Å². The van der Waals surface area contributed by atoms with Crippen molar-refractivity contribution in [3.63, 3.8) is 0 Å². The molecule has 0 saturated carbocycles. The van der Waals surface area contributed by atoms with E-state index < -0.39 is 6.10 Å². The van der Waals surface area contributed by atoms with Gasteiger partial charge in [0.2, 0.25) is 0 Å². The number of benzene rings is 1. The van der Waals surface area contributed by atoms with Gasteiger partial charge < -0.3 is 14.4 Å². The molecule has 0 spiro atoms. The zero-order chi connectivity index (χ0) is 13.1. The number of aromatic nitrogens is 3. The summed E-state index contributed by atoms with van der Waals surface area (Å²) in [7, 11) is 1.86. The minimum atomic E-state index is -0.576. The smallest absolute Gasteiger partial charge is 0.170 e. The molecule has 1 N–H and O–H groups in total. The zero-order valence-corrected chi connectivity index (χ0v) is 11.8. The predicted octanol–water partition coefficient (Wildman–Crippen LogP) is 2.21. The predicted molar refractivity (Wildman–Crippen MR) is 70.1 cm³/mol. The number of aryl methyl sites for hydroxylation is 1. The van der Waals surface area contributed by atoms with Gasteiger partial charge in [0.1, 0.15) is 18.7 Å². The lowest BCUT2D eigenvalue weighted by Gasteiger charge is -2.13. The topological polar surface area (TPSA) is 60.2 Å². The fourth-order valence-electron chi connectivity index (χ4n) is 1.56. The Kier molecular flexibility index (Phi) is 3.98. The lowest BCUT2D eigenvalue weighted by atomic mass is 10.1. The van der Waals surface area contributed by atoms with Gasteiger partial charge in [-0.1, -0.05) is 22.0 Å². The first kappa shape index (κ1) is 13.0. The average Bonchev–Trinajstić information content (AvgIpc) is 2.72. The Balaban J connectivity index is 2.18. The molecule has 2 aromatic rings. The SMILES string of the molecule is CC(O)c1ccc(Br)cc1OCc1nncn1C. The van der Waals surface area contributed by atoms with Crippen LogP contribution < -0.4 is 4.74 Å². The molecule has 0 aliphatic rings. The highest BCUT2D eigenvalue weighted by Crippen LogP contribution is 2.29. The van der Waals surface area contributed by atoms with Crippen molar-refractivity contribution in [2.24, 2.45) is 7.05 Å². The first-order valence-electron chi connectivity index (χ1n) is 5.51. The molecular weight excluding hydrogens is 298 g/mol.